The minimum absolute atomic E-state index is 0.0738. The second kappa shape index (κ2) is 3.85. The zero-order valence-electron chi connectivity index (χ0n) is 10.1. The molecule has 2 N–H and O–H groups in total. The van der Waals surface area contributed by atoms with Crippen molar-refractivity contribution in [3.8, 4) is 0 Å². The first-order valence-electron chi connectivity index (χ1n) is 5.99. The van der Waals surface area contributed by atoms with E-state index in [-0.39, 0.29) is 23.6 Å². The molecule has 0 spiro atoms. The van der Waals surface area contributed by atoms with E-state index in [1.807, 2.05) is 0 Å². The third-order valence-electron chi connectivity index (χ3n) is 3.61. The first-order valence-corrected chi connectivity index (χ1v) is 8.22. The van der Waals surface area contributed by atoms with E-state index in [0.717, 1.165) is 0 Å². The minimum atomic E-state index is -3.04. The SMILES string of the molecule is O=S1(=O)C[C@@H]2NC(=S)N(c3ncnc4nc[nH]c34)[C@H]2C1. The first kappa shape index (κ1) is 12.0. The second-order valence-corrected chi connectivity index (χ2v) is 7.41. The number of sulfone groups is 1. The van der Waals surface area contributed by atoms with Gasteiger partial charge in [-0.3, -0.25) is 4.90 Å². The van der Waals surface area contributed by atoms with E-state index in [4.69, 9.17) is 12.2 Å². The number of aromatic amines is 1. The van der Waals surface area contributed by atoms with E-state index in [2.05, 4.69) is 25.3 Å². The lowest BCUT2D eigenvalue weighted by Gasteiger charge is -2.21. The highest BCUT2D eigenvalue weighted by Crippen LogP contribution is 2.30. The van der Waals surface area contributed by atoms with Gasteiger partial charge in [-0.25, -0.2) is 23.4 Å². The smallest absolute Gasteiger partial charge is 0.182 e. The van der Waals surface area contributed by atoms with Gasteiger partial charge in [0.2, 0.25) is 0 Å². The van der Waals surface area contributed by atoms with E-state index in [1.54, 1.807) is 4.90 Å². The average Bonchev–Trinajstić information content (AvgIpc) is 3.00. The number of hydrogen-bond donors (Lipinski definition) is 2. The number of nitrogens with one attached hydrogen (secondary N) is 2. The number of nitrogens with zero attached hydrogens (tertiary/aromatic N) is 4. The van der Waals surface area contributed by atoms with Crippen LogP contribution in [-0.4, -0.2) is 57.1 Å². The Morgan fingerprint density at radius 3 is 3.00 bits per heavy atom. The fraction of sp³-hybridized carbons (Fsp3) is 0.400. The minimum Gasteiger partial charge on any atom is -0.356 e. The molecule has 2 aliphatic rings. The molecular formula is C10H10N6O2S2. The molecule has 2 aliphatic heterocycles. The highest BCUT2D eigenvalue weighted by atomic mass is 32.2. The van der Waals surface area contributed by atoms with Crippen LogP contribution in [0.4, 0.5) is 5.82 Å². The number of aromatic nitrogens is 4. The Bertz CT molecular complexity index is 816. The molecule has 0 radical (unpaired) electrons. The third kappa shape index (κ3) is 1.61. The van der Waals surface area contributed by atoms with E-state index < -0.39 is 9.84 Å². The van der Waals surface area contributed by atoms with Crippen LogP contribution >= 0.6 is 12.2 Å². The van der Waals surface area contributed by atoms with Gasteiger partial charge in [0, 0.05) is 0 Å². The van der Waals surface area contributed by atoms with Gasteiger partial charge in [0.1, 0.15) is 11.8 Å². The number of imidazole rings is 1. The monoisotopic (exact) mass is 310 g/mol. The average molecular weight is 310 g/mol. The summed E-state index contributed by atoms with van der Waals surface area (Å²) in [6.45, 7) is 0. The highest BCUT2D eigenvalue weighted by molar-refractivity contribution is 7.91. The van der Waals surface area contributed by atoms with Crippen molar-refractivity contribution in [3.05, 3.63) is 12.7 Å². The summed E-state index contributed by atoms with van der Waals surface area (Å²) in [6, 6.07) is -0.408. The molecule has 0 aromatic carbocycles. The molecule has 0 unspecified atom stereocenters. The summed E-state index contributed by atoms with van der Waals surface area (Å²) in [4.78, 5) is 17.1. The molecule has 0 aliphatic carbocycles. The van der Waals surface area contributed by atoms with Gasteiger partial charge in [-0.05, 0) is 12.2 Å². The van der Waals surface area contributed by atoms with Crippen molar-refractivity contribution in [1.82, 2.24) is 25.3 Å². The van der Waals surface area contributed by atoms with Gasteiger partial charge < -0.3 is 10.3 Å². The molecule has 10 heteroatoms. The van der Waals surface area contributed by atoms with Crippen LogP contribution in [0.15, 0.2) is 12.7 Å². The molecular weight excluding hydrogens is 300 g/mol. The maximum atomic E-state index is 11.8. The molecule has 2 aromatic rings. The molecule has 4 heterocycles. The zero-order chi connectivity index (χ0) is 13.9. The number of hydrogen-bond acceptors (Lipinski definition) is 6. The number of H-pyrrole nitrogens is 1. The van der Waals surface area contributed by atoms with Gasteiger partial charge in [0.25, 0.3) is 0 Å². The Morgan fingerprint density at radius 1 is 1.30 bits per heavy atom. The number of fused-ring (bicyclic) bond motifs is 2. The van der Waals surface area contributed by atoms with Crippen LogP contribution in [0.5, 0.6) is 0 Å². The van der Waals surface area contributed by atoms with E-state index in [1.165, 1.54) is 12.7 Å². The lowest BCUT2D eigenvalue weighted by atomic mass is 10.2. The molecule has 0 bridgehead atoms. The van der Waals surface area contributed by atoms with Crippen LogP contribution in [0.25, 0.3) is 11.2 Å². The van der Waals surface area contributed by atoms with E-state index >= 15 is 0 Å². The maximum absolute atomic E-state index is 11.8. The molecule has 2 atom stereocenters. The Kier molecular flexibility index (Phi) is 2.31. The van der Waals surface area contributed by atoms with E-state index in [0.29, 0.717) is 22.1 Å². The van der Waals surface area contributed by atoms with Crippen molar-refractivity contribution >= 4 is 44.1 Å². The predicted molar refractivity (Wildman–Crippen MR) is 76.1 cm³/mol. The fourth-order valence-electron chi connectivity index (χ4n) is 2.79. The first-order chi connectivity index (χ1) is 9.55. The predicted octanol–water partition coefficient (Wildman–Crippen LogP) is -0.787. The molecule has 104 valence electrons. The summed E-state index contributed by atoms with van der Waals surface area (Å²) in [5, 5.41) is 3.55. The van der Waals surface area contributed by atoms with Crippen LogP contribution in [0.3, 0.4) is 0 Å². The normalized spacial score (nSPS) is 27.8. The summed E-state index contributed by atoms with van der Waals surface area (Å²) in [5.74, 6) is 0.741. The molecule has 0 saturated carbocycles. The van der Waals surface area contributed by atoms with Crippen LogP contribution in [0.2, 0.25) is 0 Å². The Morgan fingerprint density at radius 2 is 2.15 bits per heavy atom. The molecule has 20 heavy (non-hydrogen) atoms. The Hall–Kier alpha value is -1.81. The Labute approximate surface area is 119 Å². The van der Waals surface area contributed by atoms with Gasteiger partial charge >= 0.3 is 0 Å². The van der Waals surface area contributed by atoms with Crippen LogP contribution in [0.1, 0.15) is 0 Å². The molecule has 0 amide bonds. The van der Waals surface area contributed by atoms with E-state index in [9.17, 15) is 8.42 Å². The van der Waals surface area contributed by atoms with Crippen molar-refractivity contribution in [2.24, 2.45) is 0 Å². The van der Waals surface area contributed by atoms with Gasteiger partial charge in [-0.2, -0.15) is 0 Å². The molecule has 2 fully saturated rings. The zero-order valence-corrected chi connectivity index (χ0v) is 11.8. The molecule has 2 aromatic heterocycles. The number of rotatable bonds is 1. The second-order valence-electron chi connectivity index (χ2n) is 4.87. The Balaban J connectivity index is 1.85. The molecule has 4 rings (SSSR count). The van der Waals surface area contributed by atoms with Crippen molar-refractivity contribution < 1.29 is 8.42 Å². The van der Waals surface area contributed by atoms with Crippen molar-refractivity contribution in [1.29, 1.82) is 0 Å². The van der Waals surface area contributed by atoms with Crippen molar-refractivity contribution in [2.75, 3.05) is 16.4 Å². The highest BCUT2D eigenvalue weighted by Gasteiger charge is 2.48. The quantitative estimate of drug-likeness (QED) is 0.661. The number of anilines is 1. The van der Waals surface area contributed by atoms with Crippen LogP contribution in [-0.2, 0) is 9.84 Å². The summed E-state index contributed by atoms with van der Waals surface area (Å²) in [5.41, 5.74) is 1.18. The molecule has 2 saturated heterocycles. The van der Waals surface area contributed by atoms with Gasteiger partial charge in [0.05, 0.1) is 29.9 Å². The van der Waals surface area contributed by atoms with Gasteiger partial charge in [0.15, 0.2) is 26.4 Å². The third-order valence-corrected chi connectivity index (χ3v) is 5.64. The van der Waals surface area contributed by atoms with Crippen LogP contribution < -0.4 is 10.2 Å². The topological polar surface area (TPSA) is 104 Å². The lowest BCUT2D eigenvalue weighted by molar-refractivity contribution is 0.600. The summed E-state index contributed by atoms with van der Waals surface area (Å²) < 4.78 is 23.6. The van der Waals surface area contributed by atoms with Gasteiger partial charge in [-0.15, -0.1) is 0 Å². The van der Waals surface area contributed by atoms with Gasteiger partial charge in [-0.1, -0.05) is 0 Å². The standard InChI is InChI=1S/C10H10N6O2S2/c17-20(18)1-5-6(2-20)16(10(19)15-5)9-7-8(12-3-11-7)13-4-14-9/h3-6H,1-2H2,(H,15,19)(H,11,12,13,14)/t5-,6-/m0/s1. The van der Waals surface area contributed by atoms with Crippen LogP contribution in [0, 0.1) is 0 Å². The summed E-state index contributed by atoms with van der Waals surface area (Å²) in [6.07, 6.45) is 2.93. The van der Waals surface area contributed by atoms with Crippen molar-refractivity contribution in [3.63, 3.8) is 0 Å². The van der Waals surface area contributed by atoms with Crippen molar-refractivity contribution in [2.45, 2.75) is 12.1 Å². The summed E-state index contributed by atoms with van der Waals surface area (Å²) >= 11 is 5.31. The fourth-order valence-corrected chi connectivity index (χ4v) is 5.05. The maximum Gasteiger partial charge on any atom is 0.182 e. The lowest BCUT2D eigenvalue weighted by Crippen LogP contribution is -2.37. The molecule has 8 nitrogen and oxygen atoms in total. The number of thiocarbonyl (C=S) groups is 1. The summed E-state index contributed by atoms with van der Waals surface area (Å²) in [7, 11) is -3.04. The largest absolute Gasteiger partial charge is 0.356 e.